The fraction of sp³-hybridized carbons (Fsp3) is 0.312. The number of carboxylic acid groups (broad SMARTS) is 1. The van der Waals surface area contributed by atoms with Crippen molar-refractivity contribution < 1.29 is 24.5 Å². The number of ether oxygens (including phenoxy) is 1. The summed E-state index contributed by atoms with van der Waals surface area (Å²) in [5.74, 6) is -1.33. The molecule has 8 heteroatoms. The highest BCUT2D eigenvalue weighted by Crippen LogP contribution is 2.31. The molecule has 0 atom stereocenters. The molecule has 0 spiro atoms. The number of carboxylic acids is 1. The van der Waals surface area contributed by atoms with Crippen molar-refractivity contribution in [3.8, 4) is 17.0 Å². The number of benzene rings is 1. The molecule has 3 N–H and O–H groups in total. The van der Waals surface area contributed by atoms with Gasteiger partial charge in [-0.3, -0.25) is 10.00 Å². The van der Waals surface area contributed by atoms with Crippen LogP contribution in [0.4, 0.5) is 10.5 Å². The van der Waals surface area contributed by atoms with Gasteiger partial charge in [0.15, 0.2) is 0 Å². The molecule has 0 radical (unpaired) electrons. The van der Waals surface area contributed by atoms with Gasteiger partial charge in [0.25, 0.3) is 0 Å². The minimum atomic E-state index is -1.12. The van der Waals surface area contributed by atoms with E-state index < -0.39 is 17.7 Å². The van der Waals surface area contributed by atoms with Crippen LogP contribution in [0, 0.1) is 0 Å². The fourth-order valence-electron chi connectivity index (χ4n) is 2.13. The van der Waals surface area contributed by atoms with Gasteiger partial charge < -0.3 is 14.9 Å². The molecule has 2 aromatic rings. The van der Waals surface area contributed by atoms with Crippen LogP contribution in [0.3, 0.4) is 0 Å². The normalized spacial score (nSPS) is 11.2. The number of hydrogen-bond donors (Lipinski definition) is 3. The average Bonchev–Trinajstić information content (AvgIpc) is 2.81. The Balaban J connectivity index is 2.30. The van der Waals surface area contributed by atoms with Gasteiger partial charge in [0, 0.05) is 12.6 Å². The molecular formula is C16H19N3O5. The zero-order chi connectivity index (χ0) is 18.1. The predicted molar refractivity (Wildman–Crippen MR) is 87.1 cm³/mol. The molecule has 0 aliphatic carbocycles. The van der Waals surface area contributed by atoms with E-state index in [0.29, 0.717) is 11.3 Å². The summed E-state index contributed by atoms with van der Waals surface area (Å²) in [5.41, 5.74) is 0.322. The highest BCUT2D eigenvalue weighted by molar-refractivity contribution is 5.95. The lowest BCUT2D eigenvalue weighted by atomic mass is 10.1. The monoisotopic (exact) mass is 333 g/mol. The van der Waals surface area contributed by atoms with E-state index in [1.54, 1.807) is 33.9 Å². The highest BCUT2D eigenvalue weighted by Gasteiger charge is 2.20. The average molecular weight is 333 g/mol. The molecule has 0 saturated heterocycles. The summed E-state index contributed by atoms with van der Waals surface area (Å²) in [6, 6.07) is 4.40. The number of nitrogens with one attached hydrogen (secondary N) is 1. The van der Waals surface area contributed by atoms with E-state index in [4.69, 9.17) is 4.74 Å². The lowest BCUT2D eigenvalue weighted by molar-refractivity contribution is 0.0633. The number of hydrogen-bond acceptors (Lipinski definition) is 5. The van der Waals surface area contributed by atoms with E-state index in [1.807, 2.05) is 0 Å². The van der Waals surface area contributed by atoms with Crippen molar-refractivity contribution in [2.45, 2.75) is 26.4 Å². The Bertz CT molecular complexity index is 789. The van der Waals surface area contributed by atoms with Gasteiger partial charge in [0.1, 0.15) is 16.9 Å². The number of aromatic carboxylic acids is 1. The Morgan fingerprint density at radius 1 is 1.29 bits per heavy atom. The van der Waals surface area contributed by atoms with Crippen molar-refractivity contribution >= 4 is 17.7 Å². The zero-order valence-corrected chi connectivity index (χ0v) is 13.8. The molecule has 0 aliphatic heterocycles. The number of carbonyl (C=O) groups is 2. The minimum Gasteiger partial charge on any atom is -0.506 e. The van der Waals surface area contributed by atoms with Crippen molar-refractivity contribution in [3.63, 3.8) is 0 Å². The molecule has 1 aromatic heterocycles. The molecular weight excluding hydrogens is 314 g/mol. The number of nitrogens with zero attached hydrogens (tertiary/aromatic N) is 2. The van der Waals surface area contributed by atoms with Crippen LogP contribution in [-0.2, 0) is 11.8 Å². The van der Waals surface area contributed by atoms with Gasteiger partial charge in [-0.1, -0.05) is 6.07 Å². The number of rotatable bonds is 3. The maximum atomic E-state index is 11.8. The molecule has 0 saturated carbocycles. The SMILES string of the molecule is Cn1ncc(C(=O)O)c1-c1ccc(NC(=O)OC(C)(C)C)c(O)c1. The number of amides is 1. The van der Waals surface area contributed by atoms with Gasteiger partial charge in [0.05, 0.1) is 17.6 Å². The van der Waals surface area contributed by atoms with Crippen LogP contribution in [0.5, 0.6) is 5.75 Å². The number of carbonyl (C=O) groups excluding carboxylic acids is 1. The first-order valence-corrected chi connectivity index (χ1v) is 7.17. The molecule has 0 bridgehead atoms. The van der Waals surface area contributed by atoms with Gasteiger partial charge >= 0.3 is 12.1 Å². The Hall–Kier alpha value is -3.03. The first-order valence-electron chi connectivity index (χ1n) is 7.17. The topological polar surface area (TPSA) is 114 Å². The van der Waals surface area contributed by atoms with Gasteiger partial charge in [-0.2, -0.15) is 5.10 Å². The first kappa shape index (κ1) is 17.3. The number of anilines is 1. The van der Waals surface area contributed by atoms with E-state index in [2.05, 4.69) is 10.4 Å². The first-order chi connectivity index (χ1) is 11.1. The third kappa shape index (κ3) is 3.83. The van der Waals surface area contributed by atoms with Gasteiger partial charge in [-0.15, -0.1) is 0 Å². The van der Waals surface area contributed by atoms with Crippen molar-refractivity contribution in [1.29, 1.82) is 0 Å². The Morgan fingerprint density at radius 2 is 1.96 bits per heavy atom. The zero-order valence-electron chi connectivity index (χ0n) is 13.8. The van der Waals surface area contributed by atoms with Crippen LogP contribution < -0.4 is 5.32 Å². The van der Waals surface area contributed by atoms with Crippen LogP contribution >= 0.6 is 0 Å². The molecule has 1 aromatic carbocycles. The quantitative estimate of drug-likeness (QED) is 0.744. The number of phenols is 1. The summed E-state index contributed by atoms with van der Waals surface area (Å²) in [6.45, 7) is 5.18. The van der Waals surface area contributed by atoms with E-state index in [1.165, 1.54) is 23.0 Å². The molecule has 8 nitrogen and oxygen atoms in total. The number of aromatic hydroxyl groups is 1. The standard InChI is InChI=1S/C16H19N3O5/c1-16(2,3)24-15(23)18-11-6-5-9(7-12(11)20)13-10(14(21)22)8-17-19(13)4/h5-8,20H,1-4H3,(H,18,23)(H,21,22). The van der Waals surface area contributed by atoms with Crippen LogP contribution in [0.15, 0.2) is 24.4 Å². The summed E-state index contributed by atoms with van der Waals surface area (Å²) < 4.78 is 6.52. The Labute approximate surface area is 138 Å². The smallest absolute Gasteiger partial charge is 0.412 e. The molecule has 24 heavy (non-hydrogen) atoms. The second-order valence-electron chi connectivity index (χ2n) is 6.19. The van der Waals surface area contributed by atoms with E-state index in [9.17, 15) is 19.8 Å². The maximum absolute atomic E-state index is 11.8. The second kappa shape index (κ2) is 6.23. The summed E-state index contributed by atoms with van der Waals surface area (Å²) in [4.78, 5) is 23.0. The lowest BCUT2D eigenvalue weighted by Crippen LogP contribution is -2.27. The minimum absolute atomic E-state index is 0.0183. The molecule has 1 heterocycles. The molecule has 0 unspecified atom stereocenters. The third-order valence-electron chi connectivity index (χ3n) is 3.08. The van der Waals surface area contributed by atoms with Crippen LogP contribution in [0.2, 0.25) is 0 Å². The maximum Gasteiger partial charge on any atom is 0.412 e. The second-order valence-corrected chi connectivity index (χ2v) is 6.19. The van der Waals surface area contributed by atoms with Gasteiger partial charge in [0.2, 0.25) is 0 Å². The summed E-state index contributed by atoms with van der Waals surface area (Å²) in [7, 11) is 1.60. The van der Waals surface area contributed by atoms with Crippen molar-refractivity contribution in [2.75, 3.05) is 5.32 Å². The number of aryl methyl sites for hydroxylation is 1. The molecule has 128 valence electrons. The largest absolute Gasteiger partial charge is 0.506 e. The summed E-state index contributed by atoms with van der Waals surface area (Å²) >= 11 is 0. The number of phenolic OH excluding ortho intramolecular Hbond substituents is 1. The number of aromatic nitrogens is 2. The van der Waals surface area contributed by atoms with Crippen LogP contribution in [-0.4, -0.2) is 37.7 Å². The Kier molecular flexibility index (Phi) is 4.50. The fourth-order valence-corrected chi connectivity index (χ4v) is 2.13. The Morgan fingerprint density at radius 3 is 2.50 bits per heavy atom. The molecule has 1 amide bonds. The third-order valence-corrected chi connectivity index (χ3v) is 3.08. The van der Waals surface area contributed by atoms with E-state index >= 15 is 0 Å². The van der Waals surface area contributed by atoms with Crippen LogP contribution in [0.25, 0.3) is 11.3 Å². The van der Waals surface area contributed by atoms with Gasteiger partial charge in [-0.05, 0) is 32.9 Å². The molecule has 0 aliphatic rings. The predicted octanol–water partition coefficient (Wildman–Crippen LogP) is 2.84. The van der Waals surface area contributed by atoms with Gasteiger partial charge in [-0.25, -0.2) is 9.59 Å². The van der Waals surface area contributed by atoms with E-state index in [-0.39, 0.29) is 17.0 Å². The lowest BCUT2D eigenvalue weighted by Gasteiger charge is -2.20. The summed E-state index contributed by atoms with van der Waals surface area (Å²) in [6.07, 6.45) is 0.541. The van der Waals surface area contributed by atoms with Crippen molar-refractivity contribution in [1.82, 2.24) is 9.78 Å². The molecule has 2 rings (SSSR count). The highest BCUT2D eigenvalue weighted by atomic mass is 16.6. The summed E-state index contributed by atoms with van der Waals surface area (Å²) in [5, 5.41) is 25.7. The van der Waals surface area contributed by atoms with Crippen molar-refractivity contribution in [2.24, 2.45) is 7.05 Å². The molecule has 0 fully saturated rings. The van der Waals surface area contributed by atoms with Crippen LogP contribution in [0.1, 0.15) is 31.1 Å². The van der Waals surface area contributed by atoms with Crippen molar-refractivity contribution in [3.05, 3.63) is 30.0 Å². The van der Waals surface area contributed by atoms with E-state index in [0.717, 1.165) is 0 Å².